The van der Waals surface area contributed by atoms with E-state index < -0.39 is 6.36 Å². The zero-order valence-electron chi connectivity index (χ0n) is 11.7. The van der Waals surface area contributed by atoms with Crippen LogP contribution in [-0.2, 0) is 6.42 Å². The molecule has 0 bridgehead atoms. The average molecular weight is 301 g/mol. The van der Waals surface area contributed by atoms with Crippen LogP contribution in [0.25, 0.3) is 0 Å². The number of aliphatic imine (C=N–C) groups is 1. The molecule has 1 aliphatic carbocycles. The molecule has 0 unspecified atom stereocenters. The standard InChI is InChI=1S/C14H18F3N3O/c1-18-13(20-11-6-7-11)19-9-8-10-4-2-3-5-12(10)21-14(15,16)17/h2-5,11H,6-9H2,1H3,(H2,18,19,20). The Hall–Kier alpha value is -1.92. The minimum absolute atomic E-state index is 0.156. The van der Waals surface area contributed by atoms with Gasteiger partial charge in [-0.1, -0.05) is 18.2 Å². The van der Waals surface area contributed by atoms with E-state index in [0.29, 0.717) is 30.5 Å². The van der Waals surface area contributed by atoms with Gasteiger partial charge in [0.05, 0.1) is 0 Å². The molecule has 0 spiro atoms. The SMILES string of the molecule is CN=C(NCCc1ccccc1OC(F)(F)F)NC1CC1. The molecule has 4 nitrogen and oxygen atoms in total. The van der Waals surface area contributed by atoms with Crippen LogP contribution in [0.3, 0.4) is 0 Å². The van der Waals surface area contributed by atoms with E-state index in [1.54, 1.807) is 19.2 Å². The summed E-state index contributed by atoms with van der Waals surface area (Å²) in [7, 11) is 1.67. The van der Waals surface area contributed by atoms with Crippen LogP contribution in [0.2, 0.25) is 0 Å². The number of para-hydroxylation sites is 1. The number of nitrogens with zero attached hydrogens (tertiary/aromatic N) is 1. The van der Waals surface area contributed by atoms with Crippen LogP contribution in [0.1, 0.15) is 18.4 Å². The lowest BCUT2D eigenvalue weighted by molar-refractivity contribution is -0.274. The molecule has 1 fully saturated rings. The highest BCUT2D eigenvalue weighted by atomic mass is 19.4. The summed E-state index contributed by atoms with van der Waals surface area (Å²) < 4.78 is 40.9. The summed E-state index contributed by atoms with van der Waals surface area (Å²) in [5, 5.41) is 6.29. The number of hydrogen-bond acceptors (Lipinski definition) is 2. The molecular weight excluding hydrogens is 283 g/mol. The first-order chi connectivity index (χ1) is 9.98. The van der Waals surface area contributed by atoms with Gasteiger partial charge in [0.25, 0.3) is 0 Å². The van der Waals surface area contributed by atoms with Gasteiger partial charge in [-0.25, -0.2) is 0 Å². The quantitative estimate of drug-likeness (QED) is 0.649. The lowest BCUT2D eigenvalue weighted by Crippen LogP contribution is -2.39. The van der Waals surface area contributed by atoms with Gasteiger partial charge in [-0.3, -0.25) is 4.99 Å². The van der Waals surface area contributed by atoms with Crippen LogP contribution in [0.4, 0.5) is 13.2 Å². The fraction of sp³-hybridized carbons (Fsp3) is 0.500. The number of halogens is 3. The number of rotatable bonds is 5. The Labute approximate surface area is 121 Å². The van der Waals surface area contributed by atoms with Crippen molar-refractivity contribution in [1.29, 1.82) is 0 Å². The molecule has 1 aromatic carbocycles. The summed E-state index contributed by atoms with van der Waals surface area (Å²) in [5.41, 5.74) is 0.504. The third-order valence-corrected chi connectivity index (χ3v) is 3.03. The van der Waals surface area contributed by atoms with Gasteiger partial charge in [-0.2, -0.15) is 0 Å². The summed E-state index contributed by atoms with van der Waals surface area (Å²) in [6, 6.07) is 6.62. The van der Waals surface area contributed by atoms with Gasteiger partial charge in [0.15, 0.2) is 5.96 Å². The van der Waals surface area contributed by atoms with Gasteiger partial charge in [0.1, 0.15) is 5.75 Å². The molecule has 1 aliphatic rings. The van der Waals surface area contributed by atoms with Crippen molar-refractivity contribution in [1.82, 2.24) is 10.6 Å². The zero-order chi connectivity index (χ0) is 15.3. The van der Waals surface area contributed by atoms with Gasteiger partial charge >= 0.3 is 6.36 Å². The molecule has 0 aliphatic heterocycles. The highest BCUT2D eigenvalue weighted by Crippen LogP contribution is 2.26. The Morgan fingerprint density at radius 2 is 2.05 bits per heavy atom. The van der Waals surface area contributed by atoms with Gasteiger partial charge in [0, 0.05) is 19.6 Å². The van der Waals surface area contributed by atoms with E-state index in [9.17, 15) is 13.2 Å². The van der Waals surface area contributed by atoms with Crippen molar-refractivity contribution >= 4 is 5.96 Å². The number of hydrogen-bond donors (Lipinski definition) is 2. The Morgan fingerprint density at radius 1 is 1.33 bits per heavy atom. The van der Waals surface area contributed by atoms with E-state index in [2.05, 4.69) is 20.4 Å². The summed E-state index contributed by atoms with van der Waals surface area (Å²) in [4.78, 5) is 4.06. The summed E-state index contributed by atoms with van der Waals surface area (Å²) >= 11 is 0. The highest BCUT2D eigenvalue weighted by molar-refractivity contribution is 5.80. The van der Waals surface area contributed by atoms with Crippen molar-refractivity contribution in [2.75, 3.05) is 13.6 Å². The third kappa shape index (κ3) is 5.53. The Kier molecular flexibility index (Phi) is 4.93. The first-order valence-corrected chi connectivity index (χ1v) is 6.79. The molecule has 2 rings (SSSR count). The van der Waals surface area contributed by atoms with E-state index >= 15 is 0 Å². The molecule has 0 heterocycles. The Bertz CT molecular complexity index is 498. The highest BCUT2D eigenvalue weighted by Gasteiger charge is 2.31. The average Bonchev–Trinajstić information content (AvgIpc) is 3.22. The molecule has 1 saturated carbocycles. The zero-order valence-corrected chi connectivity index (χ0v) is 11.7. The smallest absolute Gasteiger partial charge is 0.406 e. The van der Waals surface area contributed by atoms with Crippen LogP contribution < -0.4 is 15.4 Å². The number of guanidine groups is 1. The molecule has 21 heavy (non-hydrogen) atoms. The molecule has 0 saturated heterocycles. The predicted octanol–water partition coefficient (Wildman–Crippen LogP) is 2.46. The normalized spacial score (nSPS) is 15.7. The number of benzene rings is 1. The van der Waals surface area contributed by atoms with Crippen molar-refractivity contribution in [2.24, 2.45) is 4.99 Å². The largest absolute Gasteiger partial charge is 0.573 e. The molecule has 7 heteroatoms. The van der Waals surface area contributed by atoms with E-state index in [4.69, 9.17) is 0 Å². The van der Waals surface area contributed by atoms with E-state index in [-0.39, 0.29) is 5.75 Å². The first-order valence-electron chi connectivity index (χ1n) is 6.79. The number of nitrogens with one attached hydrogen (secondary N) is 2. The monoisotopic (exact) mass is 301 g/mol. The van der Waals surface area contributed by atoms with Crippen LogP contribution in [0, 0.1) is 0 Å². The maximum absolute atomic E-state index is 12.3. The first kappa shape index (κ1) is 15.5. The molecule has 0 atom stereocenters. The maximum atomic E-state index is 12.3. The fourth-order valence-electron chi connectivity index (χ4n) is 1.87. The van der Waals surface area contributed by atoms with Crippen LogP contribution >= 0.6 is 0 Å². The van der Waals surface area contributed by atoms with Gasteiger partial charge < -0.3 is 15.4 Å². The van der Waals surface area contributed by atoms with Crippen molar-refractivity contribution in [3.05, 3.63) is 29.8 Å². The molecule has 116 valence electrons. The second-order valence-electron chi connectivity index (χ2n) is 4.82. The minimum Gasteiger partial charge on any atom is -0.406 e. The van der Waals surface area contributed by atoms with Crippen molar-refractivity contribution in [2.45, 2.75) is 31.7 Å². The maximum Gasteiger partial charge on any atom is 0.573 e. The minimum atomic E-state index is -4.67. The van der Waals surface area contributed by atoms with Crippen molar-refractivity contribution in [3.63, 3.8) is 0 Å². The second kappa shape index (κ2) is 6.69. The van der Waals surface area contributed by atoms with E-state index in [1.165, 1.54) is 12.1 Å². The second-order valence-corrected chi connectivity index (χ2v) is 4.82. The van der Waals surface area contributed by atoms with E-state index in [1.807, 2.05) is 0 Å². The topological polar surface area (TPSA) is 45.7 Å². The molecule has 0 radical (unpaired) electrons. The van der Waals surface area contributed by atoms with Gasteiger partial charge in [0.2, 0.25) is 0 Å². The van der Waals surface area contributed by atoms with Crippen molar-refractivity contribution < 1.29 is 17.9 Å². The fourth-order valence-corrected chi connectivity index (χ4v) is 1.87. The molecule has 1 aromatic rings. The number of ether oxygens (including phenoxy) is 1. The lowest BCUT2D eigenvalue weighted by Gasteiger charge is -2.14. The molecule has 2 N–H and O–H groups in total. The van der Waals surface area contributed by atoms with E-state index in [0.717, 1.165) is 12.8 Å². The summed E-state index contributed by atoms with van der Waals surface area (Å²) in [5.74, 6) is 0.517. The summed E-state index contributed by atoms with van der Waals surface area (Å²) in [6.07, 6.45) is -2.00. The predicted molar refractivity (Wildman–Crippen MR) is 74.3 cm³/mol. The number of alkyl halides is 3. The molecular formula is C14H18F3N3O. The Morgan fingerprint density at radius 3 is 2.67 bits per heavy atom. The lowest BCUT2D eigenvalue weighted by atomic mass is 10.1. The van der Waals surface area contributed by atoms with Gasteiger partial charge in [-0.15, -0.1) is 13.2 Å². The van der Waals surface area contributed by atoms with Gasteiger partial charge in [-0.05, 0) is 30.9 Å². The van der Waals surface area contributed by atoms with Crippen LogP contribution in [0.15, 0.2) is 29.3 Å². The molecule has 0 aromatic heterocycles. The van der Waals surface area contributed by atoms with Crippen LogP contribution in [-0.4, -0.2) is 32.0 Å². The third-order valence-electron chi connectivity index (χ3n) is 3.03. The van der Waals surface area contributed by atoms with Crippen molar-refractivity contribution in [3.8, 4) is 5.75 Å². The van der Waals surface area contributed by atoms with Crippen LogP contribution in [0.5, 0.6) is 5.75 Å². The molecule has 0 amide bonds. The Balaban J connectivity index is 1.87. The summed E-state index contributed by atoms with van der Waals surface area (Å²) in [6.45, 7) is 0.477.